The largest absolute Gasteiger partial charge is 0.374 e. The summed E-state index contributed by atoms with van der Waals surface area (Å²) in [6, 6.07) is 0. The number of rotatable bonds is 4. The van der Waals surface area contributed by atoms with Gasteiger partial charge in [-0.15, -0.1) is 0 Å². The molecule has 0 spiro atoms. The SMILES string of the molecule is CCC1(CC)C(Br)CC1OC1CC2CCC1(C)C2(C)C. The molecule has 0 radical (unpaired) electrons. The van der Waals surface area contributed by atoms with Crippen molar-refractivity contribution in [2.24, 2.45) is 22.2 Å². The van der Waals surface area contributed by atoms with E-state index in [0.29, 0.717) is 33.3 Å². The van der Waals surface area contributed by atoms with Crippen LogP contribution in [0.2, 0.25) is 0 Å². The molecule has 5 atom stereocenters. The average Bonchev–Trinajstić information content (AvgIpc) is 2.73. The fourth-order valence-electron chi connectivity index (χ4n) is 5.57. The molecule has 0 N–H and O–H groups in total. The fourth-order valence-corrected chi connectivity index (χ4v) is 6.85. The van der Waals surface area contributed by atoms with Crippen LogP contribution >= 0.6 is 15.9 Å². The van der Waals surface area contributed by atoms with E-state index in [9.17, 15) is 0 Å². The maximum Gasteiger partial charge on any atom is 0.0656 e. The molecular weight excluding hydrogens is 312 g/mol. The summed E-state index contributed by atoms with van der Waals surface area (Å²) in [5.41, 5.74) is 1.26. The molecule has 3 aliphatic rings. The highest BCUT2D eigenvalue weighted by Crippen LogP contribution is 2.67. The van der Waals surface area contributed by atoms with Crippen molar-refractivity contribution in [3.8, 4) is 0 Å². The van der Waals surface area contributed by atoms with Crippen LogP contribution in [0.1, 0.15) is 73.1 Å². The predicted octanol–water partition coefficient (Wildman–Crippen LogP) is 5.56. The van der Waals surface area contributed by atoms with Gasteiger partial charge in [0.2, 0.25) is 0 Å². The maximum absolute atomic E-state index is 6.76. The zero-order chi connectivity index (χ0) is 14.8. The van der Waals surface area contributed by atoms with Crippen molar-refractivity contribution in [1.82, 2.24) is 0 Å². The second kappa shape index (κ2) is 4.72. The van der Waals surface area contributed by atoms with E-state index in [4.69, 9.17) is 4.74 Å². The minimum Gasteiger partial charge on any atom is -0.374 e. The number of fused-ring (bicyclic) bond motifs is 2. The van der Waals surface area contributed by atoms with Crippen molar-refractivity contribution < 1.29 is 4.74 Å². The van der Waals surface area contributed by atoms with Gasteiger partial charge in [0.15, 0.2) is 0 Å². The normalized spacial score (nSPS) is 48.3. The number of alkyl halides is 1. The highest BCUT2D eigenvalue weighted by molar-refractivity contribution is 9.09. The van der Waals surface area contributed by atoms with Gasteiger partial charge in [-0.3, -0.25) is 0 Å². The average molecular weight is 343 g/mol. The standard InChI is InChI=1S/C18H31BrO/c1-6-18(7-2)13(19)11-15(18)20-14-10-12-8-9-17(14,5)16(12,3)4/h12-15H,6-11H2,1-5H3. The van der Waals surface area contributed by atoms with E-state index in [1.54, 1.807) is 0 Å². The van der Waals surface area contributed by atoms with Crippen LogP contribution in [-0.4, -0.2) is 17.0 Å². The fraction of sp³-hybridized carbons (Fsp3) is 1.00. The summed E-state index contributed by atoms with van der Waals surface area (Å²) in [6.07, 6.45) is 8.75. The third-order valence-corrected chi connectivity index (χ3v) is 9.33. The van der Waals surface area contributed by atoms with Crippen molar-refractivity contribution in [2.45, 2.75) is 90.2 Å². The van der Waals surface area contributed by atoms with Crippen LogP contribution in [0.15, 0.2) is 0 Å². The smallest absolute Gasteiger partial charge is 0.0656 e. The van der Waals surface area contributed by atoms with Gasteiger partial charge >= 0.3 is 0 Å². The molecule has 3 rings (SSSR count). The Hall–Kier alpha value is 0.440. The van der Waals surface area contributed by atoms with E-state index in [1.165, 1.54) is 38.5 Å². The first-order chi connectivity index (χ1) is 9.31. The summed E-state index contributed by atoms with van der Waals surface area (Å²) in [5, 5.41) is 0. The molecule has 3 fully saturated rings. The van der Waals surface area contributed by atoms with E-state index < -0.39 is 0 Å². The number of hydrogen-bond donors (Lipinski definition) is 0. The van der Waals surface area contributed by atoms with Gasteiger partial charge in [0.25, 0.3) is 0 Å². The molecule has 0 aliphatic heterocycles. The molecule has 116 valence electrons. The first kappa shape index (κ1) is 15.3. The van der Waals surface area contributed by atoms with E-state index in [2.05, 4.69) is 50.5 Å². The molecule has 3 saturated carbocycles. The molecule has 0 saturated heterocycles. The topological polar surface area (TPSA) is 9.23 Å². The van der Waals surface area contributed by atoms with Crippen molar-refractivity contribution in [1.29, 1.82) is 0 Å². The molecule has 0 heterocycles. The van der Waals surface area contributed by atoms with E-state index in [0.717, 1.165) is 5.92 Å². The molecule has 2 heteroatoms. The highest BCUT2D eigenvalue weighted by atomic mass is 79.9. The second-order valence-corrected chi connectivity index (χ2v) is 9.47. The van der Waals surface area contributed by atoms with Crippen LogP contribution in [-0.2, 0) is 4.74 Å². The van der Waals surface area contributed by atoms with E-state index in [-0.39, 0.29) is 0 Å². The Labute approximate surface area is 133 Å². The van der Waals surface area contributed by atoms with Crippen LogP contribution in [0.25, 0.3) is 0 Å². The molecular formula is C18H31BrO. The molecule has 2 bridgehead atoms. The molecule has 1 nitrogen and oxygen atoms in total. The van der Waals surface area contributed by atoms with Gasteiger partial charge in [0.05, 0.1) is 12.2 Å². The number of halogens is 1. The molecule has 0 aromatic rings. The molecule has 3 aliphatic carbocycles. The maximum atomic E-state index is 6.76. The zero-order valence-electron chi connectivity index (χ0n) is 13.8. The van der Waals surface area contributed by atoms with Crippen molar-refractivity contribution >= 4 is 15.9 Å². The molecule has 0 aromatic heterocycles. The summed E-state index contributed by atoms with van der Waals surface area (Å²) in [4.78, 5) is 0.661. The number of hydrogen-bond acceptors (Lipinski definition) is 1. The summed E-state index contributed by atoms with van der Waals surface area (Å²) in [7, 11) is 0. The first-order valence-corrected chi connectivity index (χ1v) is 9.53. The Kier molecular flexibility index (Phi) is 3.62. The Balaban J connectivity index is 1.75. The van der Waals surface area contributed by atoms with Gasteiger partial charge in [-0.1, -0.05) is 50.5 Å². The Morgan fingerprint density at radius 1 is 1.05 bits per heavy atom. The number of ether oxygens (including phenoxy) is 1. The lowest BCUT2D eigenvalue weighted by atomic mass is 9.62. The lowest BCUT2D eigenvalue weighted by Crippen LogP contribution is -2.57. The van der Waals surface area contributed by atoms with Crippen LogP contribution in [0, 0.1) is 22.2 Å². The third-order valence-electron chi connectivity index (χ3n) is 8.05. The van der Waals surface area contributed by atoms with Crippen molar-refractivity contribution in [3.05, 3.63) is 0 Å². The third kappa shape index (κ3) is 1.70. The van der Waals surface area contributed by atoms with Crippen LogP contribution < -0.4 is 0 Å². The summed E-state index contributed by atoms with van der Waals surface area (Å²) in [5.74, 6) is 0.884. The van der Waals surface area contributed by atoms with Gasteiger partial charge in [0.1, 0.15) is 0 Å². The van der Waals surface area contributed by atoms with E-state index >= 15 is 0 Å². The molecule has 5 unspecified atom stereocenters. The van der Waals surface area contributed by atoms with Gasteiger partial charge in [-0.05, 0) is 55.3 Å². The Bertz CT molecular complexity index is 387. The van der Waals surface area contributed by atoms with Gasteiger partial charge in [-0.25, -0.2) is 0 Å². The van der Waals surface area contributed by atoms with Crippen LogP contribution in [0.3, 0.4) is 0 Å². The minimum atomic E-state index is 0.391. The quantitative estimate of drug-likeness (QED) is 0.607. The van der Waals surface area contributed by atoms with Crippen molar-refractivity contribution in [3.63, 3.8) is 0 Å². The monoisotopic (exact) mass is 342 g/mol. The molecule has 20 heavy (non-hydrogen) atoms. The second-order valence-electron chi connectivity index (χ2n) is 8.37. The van der Waals surface area contributed by atoms with Crippen LogP contribution in [0.5, 0.6) is 0 Å². The zero-order valence-corrected chi connectivity index (χ0v) is 15.4. The minimum absolute atomic E-state index is 0.391. The Morgan fingerprint density at radius 3 is 2.10 bits per heavy atom. The molecule has 0 amide bonds. The van der Waals surface area contributed by atoms with Gasteiger partial charge < -0.3 is 4.74 Å². The summed E-state index contributed by atoms with van der Waals surface area (Å²) < 4.78 is 6.76. The van der Waals surface area contributed by atoms with Crippen molar-refractivity contribution in [2.75, 3.05) is 0 Å². The molecule has 0 aromatic carbocycles. The lowest BCUT2D eigenvalue weighted by molar-refractivity contribution is -0.172. The highest BCUT2D eigenvalue weighted by Gasteiger charge is 2.64. The summed E-state index contributed by atoms with van der Waals surface area (Å²) >= 11 is 3.89. The van der Waals surface area contributed by atoms with Gasteiger partial charge in [0, 0.05) is 10.2 Å². The Morgan fingerprint density at radius 2 is 1.70 bits per heavy atom. The summed E-state index contributed by atoms with van der Waals surface area (Å²) in [6.45, 7) is 12.1. The predicted molar refractivity (Wildman–Crippen MR) is 88.2 cm³/mol. The first-order valence-electron chi connectivity index (χ1n) is 8.61. The lowest BCUT2D eigenvalue weighted by Gasteiger charge is -2.55. The van der Waals surface area contributed by atoms with E-state index in [1.807, 2.05) is 0 Å². The van der Waals surface area contributed by atoms with Gasteiger partial charge in [-0.2, -0.15) is 0 Å². The van der Waals surface area contributed by atoms with Crippen LogP contribution in [0.4, 0.5) is 0 Å².